The molecule has 2 bridgehead atoms. The Balaban J connectivity index is 1.74. The highest BCUT2D eigenvalue weighted by atomic mass is 35.5. The third kappa shape index (κ3) is 2.17. The molecule has 0 radical (unpaired) electrons. The van der Waals surface area contributed by atoms with Crippen molar-refractivity contribution in [2.75, 3.05) is 0 Å². The molecule has 0 amide bonds. The van der Waals surface area contributed by atoms with Crippen LogP contribution in [0, 0.1) is 29.1 Å². The van der Waals surface area contributed by atoms with Gasteiger partial charge in [-0.25, -0.2) is 0 Å². The number of halogens is 1. The van der Waals surface area contributed by atoms with Crippen LogP contribution in [0.4, 0.5) is 0 Å². The van der Waals surface area contributed by atoms with E-state index in [1.165, 1.54) is 25.6 Å². The largest absolute Gasteiger partial charge is 0.429 e. The van der Waals surface area contributed by atoms with Gasteiger partial charge >= 0.3 is 6.92 Å². The van der Waals surface area contributed by atoms with Gasteiger partial charge in [0.1, 0.15) is 0 Å². The minimum absolute atomic E-state index is 0.0886. The predicted molar refractivity (Wildman–Crippen MR) is 87.2 cm³/mol. The van der Waals surface area contributed by atoms with Gasteiger partial charge in [0, 0.05) is 5.28 Å². The van der Waals surface area contributed by atoms with Crippen LogP contribution in [0.5, 0.6) is 0 Å². The van der Waals surface area contributed by atoms with Crippen molar-refractivity contribution in [2.24, 2.45) is 29.1 Å². The minimum Gasteiger partial charge on any atom is -0.429 e. The van der Waals surface area contributed by atoms with Crippen molar-refractivity contribution in [1.29, 1.82) is 0 Å². The average Bonchev–Trinajstić information content (AvgIpc) is 2.35. The van der Waals surface area contributed by atoms with Gasteiger partial charge in [0.15, 0.2) is 0 Å². The van der Waals surface area contributed by atoms with E-state index in [9.17, 15) is 0 Å². The second kappa shape index (κ2) is 4.91. The maximum Gasteiger partial charge on any atom is 0.311 e. The Kier molecular flexibility index (Phi) is 3.74. The van der Waals surface area contributed by atoms with Gasteiger partial charge in [-0.2, -0.15) is 0 Å². The molecule has 114 valence electrons. The molecular weight excluding hydrogens is 266 g/mol. The van der Waals surface area contributed by atoms with Crippen molar-refractivity contribution < 1.29 is 4.65 Å². The van der Waals surface area contributed by atoms with Crippen LogP contribution in [0.3, 0.4) is 0 Å². The summed E-state index contributed by atoms with van der Waals surface area (Å²) < 4.78 is 6.69. The van der Waals surface area contributed by atoms with Crippen LogP contribution in [0.2, 0.25) is 6.32 Å². The molecule has 4 fully saturated rings. The molecule has 5 atom stereocenters. The summed E-state index contributed by atoms with van der Waals surface area (Å²) in [4.78, 5) is 0. The van der Waals surface area contributed by atoms with E-state index >= 15 is 0 Å². The molecule has 0 N–H and O–H groups in total. The monoisotopic (exact) mass is 296 g/mol. The molecule has 0 aromatic heterocycles. The molecule has 4 aliphatic rings. The Morgan fingerprint density at radius 3 is 2.50 bits per heavy atom. The summed E-state index contributed by atoms with van der Waals surface area (Å²) in [7, 11) is 0. The lowest BCUT2D eigenvalue weighted by Gasteiger charge is -2.69. The predicted octanol–water partition coefficient (Wildman–Crippen LogP) is 5.03. The molecule has 1 heterocycles. The first kappa shape index (κ1) is 15.2. The molecule has 1 nitrogen and oxygen atoms in total. The lowest BCUT2D eigenvalue weighted by atomic mass is 9.38. The number of hydrogen-bond acceptors (Lipinski definition) is 1. The van der Waals surface area contributed by atoms with E-state index in [0.29, 0.717) is 11.3 Å². The average molecular weight is 297 g/mol. The summed E-state index contributed by atoms with van der Waals surface area (Å²) in [6.45, 7) is 12.1. The zero-order chi connectivity index (χ0) is 14.7. The third-order valence-corrected chi connectivity index (χ3v) is 7.31. The first-order valence-electron chi connectivity index (χ1n) is 8.57. The normalized spacial score (nSPS) is 44.0. The molecule has 0 aromatic carbocycles. The molecule has 1 saturated heterocycles. The summed E-state index contributed by atoms with van der Waals surface area (Å²) in [5.41, 5.74) is 0.568. The molecule has 4 rings (SSSR count). The lowest BCUT2D eigenvalue weighted by molar-refractivity contribution is -0.221. The van der Waals surface area contributed by atoms with Crippen LogP contribution in [-0.2, 0) is 4.65 Å². The summed E-state index contributed by atoms with van der Waals surface area (Å²) >= 11 is 6.65. The Morgan fingerprint density at radius 2 is 1.90 bits per heavy atom. The first-order valence-corrected chi connectivity index (χ1v) is 9.00. The van der Waals surface area contributed by atoms with Gasteiger partial charge in [0.05, 0.1) is 5.60 Å². The maximum atomic E-state index is 6.69. The van der Waals surface area contributed by atoms with Crippen molar-refractivity contribution in [1.82, 2.24) is 0 Å². The van der Waals surface area contributed by atoms with Crippen LogP contribution in [-0.4, -0.2) is 17.8 Å². The van der Waals surface area contributed by atoms with E-state index in [1.807, 2.05) is 0 Å². The van der Waals surface area contributed by atoms with Crippen LogP contribution in [0.1, 0.15) is 60.3 Å². The molecule has 0 spiro atoms. The van der Waals surface area contributed by atoms with Crippen molar-refractivity contribution in [3.63, 3.8) is 0 Å². The Morgan fingerprint density at radius 1 is 1.20 bits per heavy atom. The summed E-state index contributed by atoms with van der Waals surface area (Å²) in [5.74, 6) is 3.11. The molecule has 20 heavy (non-hydrogen) atoms. The van der Waals surface area contributed by atoms with Crippen LogP contribution in [0.15, 0.2) is 0 Å². The molecule has 3 saturated carbocycles. The maximum absolute atomic E-state index is 6.69. The third-order valence-electron chi connectivity index (χ3n) is 6.85. The van der Waals surface area contributed by atoms with E-state index in [4.69, 9.17) is 16.3 Å². The Hall–Kier alpha value is 0.315. The zero-order valence-electron chi connectivity index (χ0n) is 13.8. The van der Waals surface area contributed by atoms with Gasteiger partial charge in [0.2, 0.25) is 0 Å². The van der Waals surface area contributed by atoms with E-state index in [1.54, 1.807) is 0 Å². The lowest BCUT2D eigenvalue weighted by Crippen LogP contribution is -2.68. The van der Waals surface area contributed by atoms with E-state index in [2.05, 4.69) is 34.6 Å². The summed E-state index contributed by atoms with van der Waals surface area (Å²) in [6.07, 6.45) is 6.32. The van der Waals surface area contributed by atoms with Crippen molar-refractivity contribution in [3.05, 3.63) is 0 Å². The molecule has 1 aliphatic heterocycles. The first-order chi connectivity index (χ1) is 9.25. The Labute approximate surface area is 130 Å². The van der Waals surface area contributed by atoms with E-state index < -0.39 is 0 Å². The molecule has 3 heteroatoms. The van der Waals surface area contributed by atoms with Crippen molar-refractivity contribution in [2.45, 2.75) is 77.5 Å². The summed E-state index contributed by atoms with van der Waals surface area (Å²) in [6, 6.07) is 0. The van der Waals surface area contributed by atoms with Gasteiger partial charge in [-0.3, -0.25) is 0 Å². The quantitative estimate of drug-likeness (QED) is 0.524. The fourth-order valence-corrected chi connectivity index (χ4v) is 5.97. The van der Waals surface area contributed by atoms with Crippen molar-refractivity contribution >= 4 is 18.5 Å². The standard InChI is InChI=1S/C17H30BClO/c1-11(2)8-15(19)18-7-6-12-9-13-10-14(16(13,3)4)17(12,5)20-18/h11-15H,6-10H2,1-5H3/t12?,13?,14?,15-,17-/m0/s1. The van der Waals surface area contributed by atoms with Gasteiger partial charge < -0.3 is 4.65 Å². The minimum atomic E-state index is 0.0886. The second-order valence-electron chi connectivity index (χ2n) is 8.80. The van der Waals surface area contributed by atoms with Crippen LogP contribution >= 0.6 is 11.6 Å². The van der Waals surface area contributed by atoms with Crippen LogP contribution in [0.25, 0.3) is 0 Å². The smallest absolute Gasteiger partial charge is 0.311 e. The topological polar surface area (TPSA) is 9.23 Å². The van der Waals surface area contributed by atoms with Gasteiger partial charge in [-0.15, -0.1) is 11.6 Å². The highest BCUT2D eigenvalue weighted by Gasteiger charge is 2.65. The molecule has 0 aromatic rings. The SMILES string of the molecule is CC(C)C[C@H](Cl)B1CCC2CC3CC(C3(C)C)[C@@]2(C)O1. The molecular formula is C17H30BClO. The van der Waals surface area contributed by atoms with E-state index in [-0.39, 0.29) is 17.8 Å². The van der Waals surface area contributed by atoms with Gasteiger partial charge in [-0.1, -0.05) is 34.1 Å². The summed E-state index contributed by atoms with van der Waals surface area (Å²) in [5, 5.41) is 0.189. The Bertz CT molecular complexity index is 383. The fraction of sp³-hybridized carbons (Fsp3) is 1.00. The highest BCUT2D eigenvalue weighted by Crippen LogP contribution is 2.67. The van der Waals surface area contributed by atoms with E-state index in [0.717, 1.165) is 24.2 Å². The zero-order valence-corrected chi connectivity index (χ0v) is 14.5. The fourth-order valence-electron chi connectivity index (χ4n) is 5.44. The number of alkyl halides is 1. The molecule has 3 unspecified atom stereocenters. The number of rotatable bonds is 3. The van der Waals surface area contributed by atoms with Crippen molar-refractivity contribution in [3.8, 4) is 0 Å². The van der Waals surface area contributed by atoms with Gasteiger partial charge in [0.25, 0.3) is 0 Å². The molecule has 3 aliphatic carbocycles. The highest BCUT2D eigenvalue weighted by molar-refractivity contribution is 6.64. The van der Waals surface area contributed by atoms with Gasteiger partial charge in [-0.05, 0) is 61.6 Å². The second-order valence-corrected chi connectivity index (χ2v) is 9.36. The van der Waals surface area contributed by atoms with Crippen LogP contribution < -0.4 is 0 Å². The number of hydrogen-bond donors (Lipinski definition) is 0.